The predicted molar refractivity (Wildman–Crippen MR) is 79.4 cm³/mol. The second-order valence-corrected chi connectivity index (χ2v) is 6.85. The van der Waals surface area contributed by atoms with E-state index < -0.39 is 9.84 Å². The van der Waals surface area contributed by atoms with E-state index in [0.29, 0.717) is 12.1 Å². The third-order valence-corrected chi connectivity index (χ3v) is 4.93. The van der Waals surface area contributed by atoms with Crippen LogP contribution in [0.3, 0.4) is 0 Å². The Morgan fingerprint density at radius 2 is 2.00 bits per heavy atom. The first-order valence-corrected chi connectivity index (χ1v) is 8.45. The third-order valence-electron chi connectivity index (χ3n) is 3.22. The van der Waals surface area contributed by atoms with Gasteiger partial charge in [-0.25, -0.2) is 13.4 Å². The maximum atomic E-state index is 12.3. The molecule has 0 aliphatic heterocycles. The van der Waals surface area contributed by atoms with Crippen LogP contribution in [0.1, 0.15) is 24.7 Å². The summed E-state index contributed by atoms with van der Waals surface area (Å²) >= 11 is 0. The summed E-state index contributed by atoms with van der Waals surface area (Å²) in [5.41, 5.74) is 0.453. The van der Waals surface area contributed by atoms with E-state index >= 15 is 0 Å². The molecule has 0 aliphatic carbocycles. The molecular weight excluding hydrogens is 286 g/mol. The van der Waals surface area contributed by atoms with Crippen LogP contribution >= 0.6 is 0 Å². The monoisotopic (exact) mass is 303 g/mol. The van der Waals surface area contributed by atoms with E-state index in [1.54, 1.807) is 12.4 Å². The van der Waals surface area contributed by atoms with E-state index in [1.807, 2.05) is 10.6 Å². The first-order valence-electron chi connectivity index (χ1n) is 6.79. The third kappa shape index (κ3) is 3.70. The van der Waals surface area contributed by atoms with Gasteiger partial charge < -0.3 is 4.57 Å². The average molecular weight is 303 g/mol. The Hall–Kier alpha value is -2.13. The van der Waals surface area contributed by atoms with Crippen molar-refractivity contribution in [1.82, 2.24) is 9.55 Å². The van der Waals surface area contributed by atoms with Crippen molar-refractivity contribution in [3.05, 3.63) is 48.0 Å². The molecule has 0 saturated carbocycles. The molecule has 2 aromatic rings. The van der Waals surface area contributed by atoms with Crippen LogP contribution in [0.25, 0.3) is 0 Å². The lowest BCUT2D eigenvalue weighted by Crippen LogP contribution is -2.14. The zero-order chi connectivity index (χ0) is 15.3. The van der Waals surface area contributed by atoms with Crippen LogP contribution < -0.4 is 0 Å². The molecule has 0 saturated heterocycles. The van der Waals surface area contributed by atoms with Gasteiger partial charge in [-0.3, -0.25) is 0 Å². The predicted octanol–water partition coefficient (Wildman–Crippen LogP) is 2.18. The van der Waals surface area contributed by atoms with Crippen molar-refractivity contribution in [2.75, 3.05) is 5.75 Å². The molecule has 0 N–H and O–H groups in total. The van der Waals surface area contributed by atoms with Gasteiger partial charge in [0.25, 0.3) is 0 Å². The number of aromatic nitrogens is 2. The summed E-state index contributed by atoms with van der Waals surface area (Å²) in [5, 5.41) is 8.73. The first-order chi connectivity index (χ1) is 10.1. The first kappa shape index (κ1) is 15.3. The van der Waals surface area contributed by atoms with Gasteiger partial charge in [0, 0.05) is 25.4 Å². The van der Waals surface area contributed by atoms with Gasteiger partial charge in [0.05, 0.1) is 22.3 Å². The van der Waals surface area contributed by atoms with Crippen molar-refractivity contribution in [3.8, 4) is 6.07 Å². The molecule has 2 rings (SSSR count). The number of benzene rings is 1. The Labute approximate surface area is 124 Å². The summed E-state index contributed by atoms with van der Waals surface area (Å²) in [5.74, 6) is 0.930. The normalized spacial score (nSPS) is 11.2. The van der Waals surface area contributed by atoms with Gasteiger partial charge in [0.1, 0.15) is 5.82 Å². The van der Waals surface area contributed by atoms with Crippen LogP contribution in [0, 0.1) is 11.3 Å². The molecule has 0 fully saturated rings. The Morgan fingerprint density at radius 3 is 2.62 bits per heavy atom. The van der Waals surface area contributed by atoms with Crippen LogP contribution in [0.15, 0.2) is 41.6 Å². The van der Waals surface area contributed by atoms with Crippen LogP contribution in [0.5, 0.6) is 0 Å². The highest BCUT2D eigenvalue weighted by atomic mass is 32.2. The molecule has 0 radical (unpaired) electrons. The van der Waals surface area contributed by atoms with Gasteiger partial charge in [-0.15, -0.1) is 0 Å². The fraction of sp³-hybridized carbons (Fsp3) is 0.333. The average Bonchev–Trinajstić information content (AvgIpc) is 2.93. The molecule has 0 amide bonds. The van der Waals surface area contributed by atoms with Crippen molar-refractivity contribution in [1.29, 1.82) is 5.26 Å². The molecule has 0 spiro atoms. The van der Waals surface area contributed by atoms with Crippen molar-refractivity contribution in [3.63, 3.8) is 0 Å². The quantitative estimate of drug-likeness (QED) is 0.819. The summed E-state index contributed by atoms with van der Waals surface area (Å²) in [6, 6.07) is 7.98. The lowest BCUT2D eigenvalue weighted by Gasteiger charge is -2.08. The molecule has 1 heterocycles. The maximum absolute atomic E-state index is 12.3. The van der Waals surface area contributed by atoms with Gasteiger partial charge in [-0.05, 0) is 30.7 Å². The van der Waals surface area contributed by atoms with Crippen molar-refractivity contribution in [2.45, 2.75) is 31.2 Å². The van der Waals surface area contributed by atoms with Crippen LogP contribution in [0.4, 0.5) is 0 Å². The van der Waals surface area contributed by atoms with Gasteiger partial charge in [0.15, 0.2) is 9.84 Å². The van der Waals surface area contributed by atoms with E-state index in [4.69, 9.17) is 5.26 Å². The summed E-state index contributed by atoms with van der Waals surface area (Å²) < 4.78 is 26.4. The minimum atomic E-state index is -3.35. The Balaban J connectivity index is 2.10. The minimum absolute atomic E-state index is 0.0198. The second kappa shape index (κ2) is 6.55. The highest BCUT2D eigenvalue weighted by Crippen LogP contribution is 2.13. The number of hydrogen-bond donors (Lipinski definition) is 0. The zero-order valence-corrected chi connectivity index (χ0v) is 12.7. The smallest absolute Gasteiger partial charge is 0.180 e. The number of sulfone groups is 1. The fourth-order valence-electron chi connectivity index (χ4n) is 2.07. The van der Waals surface area contributed by atoms with Crippen LogP contribution in [0.2, 0.25) is 0 Å². The van der Waals surface area contributed by atoms with Crippen molar-refractivity contribution in [2.24, 2.45) is 0 Å². The van der Waals surface area contributed by atoms with Crippen LogP contribution in [-0.2, 0) is 22.8 Å². The summed E-state index contributed by atoms with van der Waals surface area (Å²) in [7, 11) is -3.35. The SMILES string of the molecule is CCCc1nccn1CCS(=O)(=O)c1ccc(C#N)cc1. The minimum Gasteiger partial charge on any atom is -0.334 e. The van der Waals surface area contributed by atoms with E-state index in [-0.39, 0.29) is 10.6 Å². The van der Waals surface area contributed by atoms with E-state index in [0.717, 1.165) is 18.7 Å². The number of aryl methyl sites for hydroxylation is 2. The van der Waals surface area contributed by atoms with E-state index in [2.05, 4.69) is 11.9 Å². The van der Waals surface area contributed by atoms with E-state index in [9.17, 15) is 8.42 Å². The molecule has 6 heteroatoms. The van der Waals surface area contributed by atoms with Gasteiger partial charge in [0.2, 0.25) is 0 Å². The highest BCUT2D eigenvalue weighted by Gasteiger charge is 2.15. The summed E-state index contributed by atoms with van der Waals surface area (Å²) in [6.45, 7) is 2.45. The number of rotatable bonds is 6. The molecule has 21 heavy (non-hydrogen) atoms. The molecule has 110 valence electrons. The molecular formula is C15H17N3O2S. The molecule has 5 nitrogen and oxygen atoms in total. The largest absolute Gasteiger partial charge is 0.334 e. The van der Waals surface area contributed by atoms with Gasteiger partial charge in [-0.1, -0.05) is 6.92 Å². The topological polar surface area (TPSA) is 75.8 Å². The molecule has 1 aromatic carbocycles. The second-order valence-electron chi connectivity index (χ2n) is 4.74. The Bertz CT molecular complexity index is 740. The zero-order valence-electron chi connectivity index (χ0n) is 11.9. The molecule has 0 unspecified atom stereocenters. The highest BCUT2D eigenvalue weighted by molar-refractivity contribution is 7.91. The standard InChI is InChI=1S/C15H17N3O2S/c1-2-3-15-17-8-9-18(15)10-11-21(19,20)14-6-4-13(12-16)5-7-14/h4-9H,2-3,10-11H2,1H3. The number of hydrogen-bond acceptors (Lipinski definition) is 4. The molecule has 0 bridgehead atoms. The lowest BCUT2D eigenvalue weighted by atomic mass is 10.2. The van der Waals surface area contributed by atoms with Crippen molar-refractivity contribution >= 4 is 9.84 Å². The number of nitriles is 1. The van der Waals surface area contributed by atoms with Crippen molar-refractivity contribution < 1.29 is 8.42 Å². The molecule has 1 aromatic heterocycles. The summed E-state index contributed by atoms with van der Waals surface area (Å²) in [6.07, 6.45) is 5.31. The van der Waals surface area contributed by atoms with E-state index in [1.165, 1.54) is 24.3 Å². The van der Waals surface area contributed by atoms with Crippen LogP contribution in [-0.4, -0.2) is 23.7 Å². The molecule has 0 aliphatic rings. The number of imidazole rings is 1. The summed E-state index contributed by atoms with van der Waals surface area (Å²) in [4.78, 5) is 4.48. The lowest BCUT2D eigenvalue weighted by molar-refractivity contribution is 0.585. The Morgan fingerprint density at radius 1 is 1.29 bits per heavy atom. The molecule has 0 atom stereocenters. The Kier molecular flexibility index (Phi) is 4.76. The van der Waals surface area contributed by atoms with Gasteiger partial charge in [-0.2, -0.15) is 5.26 Å². The maximum Gasteiger partial charge on any atom is 0.180 e. The fourth-order valence-corrected chi connectivity index (χ4v) is 3.29. The van der Waals surface area contributed by atoms with Gasteiger partial charge >= 0.3 is 0 Å². The number of nitrogens with zero attached hydrogens (tertiary/aromatic N) is 3.